The van der Waals surface area contributed by atoms with Crippen LogP contribution in [0.1, 0.15) is 5.82 Å². The molecule has 2 nitrogen and oxygen atoms in total. The quantitative estimate of drug-likeness (QED) is 0.513. The van der Waals surface area contributed by atoms with Gasteiger partial charge in [0.2, 0.25) is 7.41 Å². The lowest BCUT2D eigenvalue weighted by molar-refractivity contribution is 1.08. The van der Waals surface area contributed by atoms with Gasteiger partial charge in [-0.15, -0.1) is 0 Å². The van der Waals surface area contributed by atoms with Crippen molar-refractivity contribution in [2.45, 2.75) is 6.92 Å². The van der Waals surface area contributed by atoms with Crippen molar-refractivity contribution in [2.75, 3.05) is 0 Å². The van der Waals surface area contributed by atoms with Gasteiger partial charge < -0.3 is 0 Å². The number of hydrogen-bond acceptors (Lipinski definition) is 1. The predicted octanol–water partition coefficient (Wildman–Crippen LogP) is 3.95. The van der Waals surface area contributed by atoms with Gasteiger partial charge in [0.05, 0.1) is 6.20 Å². The van der Waals surface area contributed by atoms with E-state index in [1.54, 1.807) is 0 Å². The van der Waals surface area contributed by atoms with E-state index in [4.69, 9.17) is 0 Å². The maximum absolute atomic E-state index is 4.55. The molecule has 0 N–H and O–H groups in total. The monoisotopic (exact) mass is 343 g/mol. The number of nitrogens with zero attached hydrogens (tertiary/aromatic N) is 2. The first-order valence-corrected chi connectivity index (χ1v) is 10.1. The zero-order valence-corrected chi connectivity index (χ0v) is 15.1. The van der Waals surface area contributed by atoms with E-state index < -0.39 is 7.41 Å². The van der Waals surface area contributed by atoms with Crippen molar-refractivity contribution in [2.24, 2.45) is 0 Å². The smallest absolute Gasteiger partial charge is 0.208 e. The summed E-state index contributed by atoms with van der Waals surface area (Å²) in [5.74, 6) is 1.03. The Bertz CT molecular complexity index is 850. The van der Waals surface area contributed by atoms with E-state index in [0.717, 1.165) is 5.82 Å². The molecule has 0 unspecified atom stereocenters. The van der Waals surface area contributed by atoms with Crippen LogP contribution >= 0.6 is 7.41 Å². The molecule has 0 aliphatic carbocycles. The molecular weight excluding hydrogens is 323 g/mol. The van der Waals surface area contributed by atoms with Crippen molar-refractivity contribution in [3.8, 4) is 0 Å². The van der Waals surface area contributed by atoms with E-state index in [9.17, 15) is 0 Å². The van der Waals surface area contributed by atoms with Gasteiger partial charge in [0.25, 0.3) is 0 Å². The number of rotatable bonds is 4. The van der Waals surface area contributed by atoms with Gasteiger partial charge in [0.15, 0.2) is 0 Å². The summed E-state index contributed by atoms with van der Waals surface area (Å²) in [6, 6.07) is 32.5. The number of aryl methyl sites for hydroxylation is 1. The number of aromatic nitrogens is 2. The fraction of sp³-hybridized carbons (Fsp3) is 0.0455. The lowest BCUT2D eigenvalue weighted by Gasteiger charge is -2.28. The van der Waals surface area contributed by atoms with Crippen molar-refractivity contribution < 1.29 is 0 Å². The van der Waals surface area contributed by atoms with Crippen LogP contribution in [0, 0.1) is 6.92 Å². The van der Waals surface area contributed by atoms with Crippen LogP contribution < -0.4 is 15.9 Å². The molecule has 0 bridgehead atoms. The average molecular weight is 343 g/mol. The van der Waals surface area contributed by atoms with E-state index in [1.165, 1.54) is 15.9 Å². The molecule has 1 aromatic heterocycles. The Hall–Kier alpha value is -2.70. The van der Waals surface area contributed by atoms with E-state index in [-0.39, 0.29) is 0 Å². The third-order valence-corrected chi connectivity index (χ3v) is 8.72. The molecule has 4 aromatic rings. The Morgan fingerprint density at radius 2 is 1.04 bits per heavy atom. The number of imidazole rings is 1. The van der Waals surface area contributed by atoms with Crippen molar-refractivity contribution in [3.05, 3.63) is 109 Å². The summed E-state index contributed by atoms with van der Waals surface area (Å²) in [5, 5.41) is 3.98. The largest absolute Gasteiger partial charge is 0.238 e. The van der Waals surface area contributed by atoms with Crippen LogP contribution in [0.15, 0.2) is 103 Å². The Kier molecular flexibility index (Phi) is 4.21. The molecule has 3 heteroatoms. The first-order chi connectivity index (χ1) is 12.3. The van der Waals surface area contributed by atoms with Gasteiger partial charge in [-0.1, -0.05) is 54.6 Å². The van der Waals surface area contributed by atoms with Crippen LogP contribution in [0.25, 0.3) is 0 Å². The Morgan fingerprint density at radius 1 is 0.640 bits per heavy atom. The summed E-state index contributed by atoms with van der Waals surface area (Å²) in [5.41, 5.74) is 0. The summed E-state index contributed by atoms with van der Waals surface area (Å²) in [7, 11) is -2.04. The topological polar surface area (TPSA) is 17.8 Å². The van der Waals surface area contributed by atoms with Crippen LogP contribution in [0.5, 0.6) is 0 Å². The van der Waals surface area contributed by atoms with Gasteiger partial charge in [-0.25, -0.2) is 4.98 Å². The molecule has 0 spiro atoms. The zero-order valence-electron chi connectivity index (χ0n) is 14.2. The van der Waals surface area contributed by atoms with Crippen LogP contribution in [0.3, 0.4) is 0 Å². The van der Waals surface area contributed by atoms with E-state index in [2.05, 4.69) is 113 Å². The third-order valence-electron chi connectivity index (χ3n) is 4.51. The van der Waals surface area contributed by atoms with Gasteiger partial charge in [0.1, 0.15) is 21.7 Å². The standard InChI is InChI=1S/C22H20N2P/c1-19-23-17-18-24(19)25(20-11-5-2-6-12-20,21-13-7-3-8-14-21)22-15-9-4-10-16-22/h2-18H,1H3/q+1. The van der Waals surface area contributed by atoms with E-state index >= 15 is 0 Å². The summed E-state index contributed by atoms with van der Waals surface area (Å²) >= 11 is 0. The molecule has 122 valence electrons. The van der Waals surface area contributed by atoms with Gasteiger partial charge in [-0.05, 0) is 43.3 Å². The molecule has 3 aromatic carbocycles. The zero-order chi connectivity index (χ0) is 17.1. The molecule has 0 atom stereocenters. The Morgan fingerprint density at radius 3 is 1.36 bits per heavy atom. The highest BCUT2D eigenvalue weighted by Gasteiger charge is 2.48. The molecule has 0 amide bonds. The van der Waals surface area contributed by atoms with Crippen molar-refractivity contribution in [3.63, 3.8) is 0 Å². The minimum Gasteiger partial charge on any atom is -0.238 e. The maximum atomic E-state index is 4.55. The average Bonchev–Trinajstić information content (AvgIpc) is 3.12. The van der Waals surface area contributed by atoms with E-state index in [0.29, 0.717) is 0 Å². The number of benzene rings is 3. The highest BCUT2D eigenvalue weighted by molar-refractivity contribution is 7.94. The molecule has 0 aliphatic heterocycles. The fourth-order valence-corrected chi connectivity index (χ4v) is 7.64. The van der Waals surface area contributed by atoms with Crippen LogP contribution in [-0.4, -0.2) is 9.32 Å². The molecule has 0 radical (unpaired) electrons. The Balaban J connectivity index is 2.15. The minimum absolute atomic E-state index is 1.03. The maximum Gasteiger partial charge on any atom is 0.208 e. The summed E-state index contributed by atoms with van der Waals surface area (Å²) in [4.78, 5) is 4.55. The van der Waals surface area contributed by atoms with Crippen LogP contribution in [-0.2, 0) is 0 Å². The minimum atomic E-state index is -2.04. The predicted molar refractivity (Wildman–Crippen MR) is 108 cm³/mol. The van der Waals surface area contributed by atoms with Gasteiger partial charge >= 0.3 is 0 Å². The SMILES string of the molecule is Cc1nccn1[P+](c1ccccc1)(c1ccccc1)c1ccccc1. The summed E-state index contributed by atoms with van der Waals surface area (Å²) in [6.07, 6.45) is 4.02. The second-order valence-electron chi connectivity index (χ2n) is 5.96. The summed E-state index contributed by atoms with van der Waals surface area (Å²) in [6.45, 7) is 2.09. The molecule has 0 saturated heterocycles. The van der Waals surface area contributed by atoms with Crippen LogP contribution in [0.2, 0.25) is 0 Å². The van der Waals surface area contributed by atoms with Crippen molar-refractivity contribution >= 4 is 23.3 Å². The second kappa shape index (κ2) is 6.66. The number of hydrogen-bond donors (Lipinski definition) is 0. The first kappa shape index (κ1) is 15.8. The third kappa shape index (κ3) is 2.59. The normalized spacial score (nSPS) is 11.4. The molecule has 4 rings (SSSR count). The molecule has 25 heavy (non-hydrogen) atoms. The molecular formula is C22H20N2P+. The highest BCUT2D eigenvalue weighted by atomic mass is 31.2. The van der Waals surface area contributed by atoms with Crippen LogP contribution in [0.4, 0.5) is 0 Å². The second-order valence-corrected chi connectivity index (χ2v) is 9.21. The molecule has 0 fully saturated rings. The molecule has 1 heterocycles. The van der Waals surface area contributed by atoms with Crippen molar-refractivity contribution in [1.82, 2.24) is 9.32 Å². The van der Waals surface area contributed by atoms with E-state index in [1.807, 2.05) is 6.20 Å². The molecule has 0 saturated carbocycles. The summed E-state index contributed by atoms with van der Waals surface area (Å²) < 4.78 is 2.38. The highest BCUT2D eigenvalue weighted by Crippen LogP contribution is 2.56. The fourth-order valence-electron chi connectivity index (χ4n) is 3.44. The van der Waals surface area contributed by atoms with Crippen molar-refractivity contribution in [1.29, 1.82) is 0 Å². The lowest BCUT2D eigenvalue weighted by atomic mass is 10.4. The Labute approximate surface area is 149 Å². The van der Waals surface area contributed by atoms with Gasteiger partial charge in [-0.2, -0.15) is 4.34 Å². The van der Waals surface area contributed by atoms with Gasteiger partial charge in [-0.3, -0.25) is 0 Å². The first-order valence-electron chi connectivity index (χ1n) is 8.40. The van der Waals surface area contributed by atoms with Gasteiger partial charge in [0, 0.05) is 6.20 Å². The lowest BCUT2D eigenvalue weighted by Crippen LogP contribution is -2.36. The molecule has 0 aliphatic rings.